The average molecular weight is 197 g/mol. The molecule has 0 atom stereocenters. The average Bonchev–Trinajstić information content (AvgIpc) is 0.722. The van der Waals surface area contributed by atoms with E-state index in [0.29, 0.717) is 0 Å². The molecule has 0 aromatic carbocycles. The Labute approximate surface area is 61.5 Å². The second-order valence-electron chi connectivity index (χ2n) is 0.379. The molecule has 0 aromatic heterocycles. The van der Waals surface area contributed by atoms with Crippen LogP contribution >= 0.6 is 0 Å². The van der Waals surface area contributed by atoms with Gasteiger partial charge in [-0.15, -0.1) is 0 Å². The van der Waals surface area contributed by atoms with Crippen molar-refractivity contribution < 1.29 is 32.3 Å². The van der Waals surface area contributed by atoms with Crippen LogP contribution in [0.15, 0.2) is 0 Å². The fourth-order valence-corrected chi connectivity index (χ4v) is 0. The Morgan fingerprint density at radius 3 is 0.833 bits per heavy atom. The van der Waals surface area contributed by atoms with Crippen LogP contribution in [0.2, 0.25) is 0 Å². The third kappa shape index (κ3) is 49.4. The fraction of sp³-hybridized carbons (Fsp3) is 0. The molecule has 0 amide bonds. The molecule has 0 aromatic rings. The van der Waals surface area contributed by atoms with Crippen molar-refractivity contribution in [2.75, 3.05) is 0 Å². The Balaban J connectivity index is 0. The molecule has 0 fully saturated rings. The van der Waals surface area contributed by atoms with E-state index in [4.69, 9.17) is 15.3 Å². The van der Waals surface area contributed by atoms with E-state index < -0.39 is 17.0 Å². The summed E-state index contributed by atoms with van der Waals surface area (Å²) < 4.78 is 29.4. The van der Waals surface area contributed by atoms with E-state index in [1.165, 1.54) is 0 Å². The van der Waals surface area contributed by atoms with Gasteiger partial charge in [0.2, 0.25) is 0 Å². The Kier molecular flexibility index (Phi) is 6.11. The molecule has 0 saturated carbocycles. The molecule has 0 aliphatic carbocycles. The van der Waals surface area contributed by atoms with Gasteiger partial charge in [-0.05, 0) is 0 Å². The first-order valence-electron chi connectivity index (χ1n) is 0.566. The van der Waals surface area contributed by atoms with Gasteiger partial charge in [0.25, 0.3) is 0 Å². The van der Waals surface area contributed by atoms with Crippen LogP contribution in [0.5, 0.6) is 0 Å². The van der Waals surface area contributed by atoms with Crippen molar-refractivity contribution in [3.63, 3.8) is 0 Å². The minimum atomic E-state index is -4.70. The molecule has 0 spiro atoms. The first-order valence-corrected chi connectivity index (χ1v) is 3.35. The van der Waals surface area contributed by atoms with E-state index in [9.17, 15) is 0 Å². The van der Waals surface area contributed by atoms with Crippen LogP contribution in [0, 0.1) is 0 Å². The third-order valence-electron chi connectivity index (χ3n) is 0. The van der Waals surface area contributed by atoms with E-state index in [2.05, 4.69) is 0 Å². The molecule has 0 heterocycles. The van der Waals surface area contributed by atoms with Gasteiger partial charge in [0.15, 0.2) is 0 Å². The molecule has 1 radical (unpaired) electrons. The Bertz CT molecular complexity index is 23.0. The molecule has 0 rings (SSSR count). The molecule has 0 unspecified atom stereocenters. The van der Waals surface area contributed by atoms with Crippen molar-refractivity contribution in [1.82, 2.24) is 0 Å². The summed E-state index contributed by atoms with van der Waals surface area (Å²) in [5.41, 5.74) is 0. The van der Waals surface area contributed by atoms with Gasteiger partial charge in [-0.25, -0.2) is 0 Å². The van der Waals surface area contributed by atoms with Crippen molar-refractivity contribution in [1.29, 1.82) is 0 Å². The van der Waals surface area contributed by atoms with Crippen LogP contribution in [0.3, 0.4) is 0 Å². The van der Waals surface area contributed by atoms with Gasteiger partial charge >= 0.3 is 32.3 Å². The zero-order valence-electron chi connectivity index (χ0n) is 3.11. The molecule has 39 valence electrons. The predicted molar refractivity (Wildman–Crippen MR) is 14.6 cm³/mol. The standard InChI is InChI=1S/Na.4H2O.Pd/h;4*1H2;/q;;;;;+4/p-4. The molecule has 6 heavy (non-hydrogen) atoms. The van der Waals surface area contributed by atoms with Crippen molar-refractivity contribution in [2.45, 2.75) is 0 Å². The van der Waals surface area contributed by atoms with Crippen molar-refractivity contribution >= 4 is 29.6 Å². The first kappa shape index (κ1) is 10.5. The topological polar surface area (TPSA) is 80.9 Å². The summed E-state index contributed by atoms with van der Waals surface area (Å²) in [7, 11) is 0. The van der Waals surface area contributed by atoms with Crippen molar-refractivity contribution in [3.8, 4) is 0 Å². The first-order chi connectivity index (χ1) is 2.00. The summed E-state index contributed by atoms with van der Waals surface area (Å²) in [5.74, 6) is 0. The van der Waals surface area contributed by atoms with E-state index >= 15 is 0 Å². The molecule has 0 saturated heterocycles. The van der Waals surface area contributed by atoms with Crippen LogP contribution in [0.4, 0.5) is 0 Å². The molecule has 0 aliphatic rings. The predicted octanol–water partition coefficient (Wildman–Crippen LogP) is -2.61. The number of hydrogen-bond donors (Lipinski definition) is 4. The second-order valence-corrected chi connectivity index (χ2v) is 2.24. The van der Waals surface area contributed by atoms with Gasteiger partial charge in [0.1, 0.15) is 0 Å². The molecular weight excluding hydrogens is 193 g/mol. The number of rotatable bonds is 0. The summed E-state index contributed by atoms with van der Waals surface area (Å²) in [6.07, 6.45) is 0. The second kappa shape index (κ2) is 3.50. The summed E-state index contributed by atoms with van der Waals surface area (Å²) in [5, 5.41) is 0. The zero-order chi connectivity index (χ0) is 4.50. The van der Waals surface area contributed by atoms with Crippen LogP contribution in [-0.2, 0) is 17.0 Å². The number of hydrogen-bond acceptors (Lipinski definition) is 4. The summed E-state index contributed by atoms with van der Waals surface area (Å²) in [6.45, 7) is 0. The van der Waals surface area contributed by atoms with Crippen LogP contribution < -0.4 is 0 Å². The Morgan fingerprint density at radius 2 is 0.833 bits per heavy atom. The Hall–Kier alpha value is 1.50. The summed E-state index contributed by atoms with van der Waals surface area (Å²) in [4.78, 5) is 0. The molecule has 0 bridgehead atoms. The Morgan fingerprint density at radius 1 is 0.833 bits per heavy atom. The van der Waals surface area contributed by atoms with E-state index in [1.54, 1.807) is 0 Å². The monoisotopic (exact) mass is 197 g/mol. The van der Waals surface area contributed by atoms with E-state index in [-0.39, 0.29) is 29.6 Å². The van der Waals surface area contributed by atoms with Crippen LogP contribution in [0.1, 0.15) is 0 Å². The SMILES string of the molecule is [Na].[OH][Pd]([OH])([OH])[OH]. The maximum absolute atomic E-state index is 7.34. The molecule has 4 N–H and O–H groups in total. The normalized spacial score (nSPS) is 12.7. The van der Waals surface area contributed by atoms with Crippen LogP contribution in [-0.4, -0.2) is 44.9 Å². The molecule has 0 aliphatic heterocycles. The van der Waals surface area contributed by atoms with E-state index in [1.807, 2.05) is 0 Å². The molecular formula is H4NaO4Pd. The quantitative estimate of drug-likeness (QED) is 0.321. The van der Waals surface area contributed by atoms with Gasteiger partial charge < -0.3 is 0 Å². The van der Waals surface area contributed by atoms with Crippen molar-refractivity contribution in [3.05, 3.63) is 0 Å². The summed E-state index contributed by atoms with van der Waals surface area (Å²) >= 11 is -4.70. The molecule has 6 heteroatoms. The van der Waals surface area contributed by atoms with Crippen molar-refractivity contribution in [2.24, 2.45) is 0 Å². The summed E-state index contributed by atoms with van der Waals surface area (Å²) in [6, 6.07) is 0. The van der Waals surface area contributed by atoms with Gasteiger partial charge in [-0.3, -0.25) is 0 Å². The fourth-order valence-electron chi connectivity index (χ4n) is 0. The third-order valence-corrected chi connectivity index (χ3v) is 0. The van der Waals surface area contributed by atoms with Gasteiger partial charge in [0, 0.05) is 29.6 Å². The van der Waals surface area contributed by atoms with E-state index in [0.717, 1.165) is 0 Å². The van der Waals surface area contributed by atoms with Crippen LogP contribution in [0.25, 0.3) is 0 Å². The van der Waals surface area contributed by atoms with Gasteiger partial charge in [0.05, 0.1) is 0 Å². The zero-order valence-corrected chi connectivity index (χ0v) is 6.66. The molecule has 4 nitrogen and oxygen atoms in total. The minimum absolute atomic E-state index is 0. The van der Waals surface area contributed by atoms with Gasteiger partial charge in [-0.1, -0.05) is 0 Å². The van der Waals surface area contributed by atoms with Gasteiger partial charge in [-0.2, -0.15) is 0 Å². The maximum atomic E-state index is 7.34.